The molecule has 1 aliphatic heterocycles. The zero-order chi connectivity index (χ0) is 21.3. The van der Waals surface area contributed by atoms with Gasteiger partial charge in [0.1, 0.15) is 17.0 Å². The second-order valence-electron chi connectivity index (χ2n) is 8.52. The molecule has 0 radical (unpaired) electrons. The lowest BCUT2D eigenvalue weighted by atomic mass is 9.98. The van der Waals surface area contributed by atoms with Crippen LogP contribution in [0.25, 0.3) is 11.0 Å². The summed E-state index contributed by atoms with van der Waals surface area (Å²) in [7, 11) is 0. The van der Waals surface area contributed by atoms with Crippen LogP contribution in [-0.2, 0) is 6.54 Å². The number of rotatable bonds is 6. The average Bonchev–Trinajstić information content (AvgIpc) is 3.31. The van der Waals surface area contributed by atoms with Crippen molar-refractivity contribution in [3.05, 3.63) is 52.0 Å². The fraction of sp³-hybridized carbons (Fsp3) is 0.478. The van der Waals surface area contributed by atoms with Crippen LogP contribution in [0.2, 0.25) is 5.02 Å². The van der Waals surface area contributed by atoms with Crippen molar-refractivity contribution < 1.29 is 9.21 Å². The van der Waals surface area contributed by atoms with E-state index in [4.69, 9.17) is 16.0 Å². The van der Waals surface area contributed by atoms with Crippen LogP contribution in [0.1, 0.15) is 60.1 Å². The third kappa shape index (κ3) is 5.43. The monoisotopic (exact) mass is 464 g/mol. The number of nitrogens with one attached hydrogen (secondary N) is 2. The normalized spacial score (nSPS) is 14.7. The number of nitrogens with zero attached hydrogens (tertiary/aromatic N) is 2. The smallest absolute Gasteiger partial charge is 0.271 e. The maximum absolute atomic E-state index is 12.6. The molecule has 6 nitrogen and oxygen atoms in total. The van der Waals surface area contributed by atoms with E-state index >= 15 is 0 Å². The van der Waals surface area contributed by atoms with Gasteiger partial charge in [0, 0.05) is 34.1 Å². The Hall–Kier alpha value is -2.02. The Morgan fingerprint density at radius 2 is 2.03 bits per heavy atom. The van der Waals surface area contributed by atoms with Crippen LogP contribution in [0.5, 0.6) is 0 Å². The molecule has 2 N–H and O–H groups in total. The minimum Gasteiger partial charge on any atom is -0.460 e. The number of piperidine rings is 1. The predicted octanol–water partition coefficient (Wildman–Crippen LogP) is 4.91. The lowest BCUT2D eigenvalue weighted by Crippen LogP contribution is -2.36. The minimum absolute atomic E-state index is 0. The first-order valence-electron chi connectivity index (χ1n) is 10.7. The number of amides is 1. The highest BCUT2D eigenvalue weighted by Crippen LogP contribution is 2.31. The summed E-state index contributed by atoms with van der Waals surface area (Å²) in [6.07, 6.45) is 2.19. The molecule has 0 spiro atoms. The van der Waals surface area contributed by atoms with E-state index in [1.54, 1.807) is 0 Å². The number of carbonyl (C=O) groups is 1. The van der Waals surface area contributed by atoms with E-state index in [0.29, 0.717) is 35.6 Å². The fourth-order valence-electron chi connectivity index (χ4n) is 3.96. The van der Waals surface area contributed by atoms with Crippen molar-refractivity contribution in [2.75, 3.05) is 19.6 Å². The lowest BCUT2D eigenvalue weighted by Gasteiger charge is -2.22. The molecule has 0 atom stereocenters. The quantitative estimate of drug-likeness (QED) is 0.543. The van der Waals surface area contributed by atoms with E-state index in [1.165, 1.54) is 0 Å². The van der Waals surface area contributed by atoms with Gasteiger partial charge in [-0.25, -0.2) is 0 Å². The van der Waals surface area contributed by atoms with Crippen LogP contribution in [0, 0.1) is 12.8 Å². The second kappa shape index (κ2) is 10.1. The van der Waals surface area contributed by atoms with Gasteiger partial charge in [-0.05, 0) is 63.0 Å². The van der Waals surface area contributed by atoms with Gasteiger partial charge < -0.3 is 15.1 Å². The van der Waals surface area contributed by atoms with Crippen LogP contribution >= 0.6 is 24.0 Å². The molecule has 0 unspecified atom stereocenters. The molecule has 4 rings (SSSR count). The highest BCUT2D eigenvalue weighted by molar-refractivity contribution is 6.31. The van der Waals surface area contributed by atoms with Crippen molar-refractivity contribution in [1.29, 1.82) is 0 Å². The van der Waals surface area contributed by atoms with Crippen LogP contribution in [0.15, 0.2) is 28.7 Å². The van der Waals surface area contributed by atoms with Gasteiger partial charge in [-0.3, -0.25) is 9.48 Å². The summed E-state index contributed by atoms with van der Waals surface area (Å²) in [6.45, 7) is 9.40. The molecule has 31 heavy (non-hydrogen) atoms. The molecule has 8 heteroatoms. The molecule has 0 saturated carbocycles. The molecule has 1 aliphatic rings. The summed E-state index contributed by atoms with van der Waals surface area (Å²) < 4.78 is 7.94. The summed E-state index contributed by atoms with van der Waals surface area (Å²) in [5.74, 6) is 1.65. The highest BCUT2D eigenvalue weighted by atomic mass is 35.5. The summed E-state index contributed by atoms with van der Waals surface area (Å²) in [4.78, 5) is 12.6. The van der Waals surface area contributed by atoms with Crippen molar-refractivity contribution in [2.45, 2.75) is 46.1 Å². The zero-order valence-electron chi connectivity index (χ0n) is 18.2. The van der Waals surface area contributed by atoms with Gasteiger partial charge in [0.25, 0.3) is 5.91 Å². The molecule has 3 aromatic rings. The van der Waals surface area contributed by atoms with Crippen LogP contribution in [-0.4, -0.2) is 35.3 Å². The Bertz CT molecular complexity index is 1050. The predicted molar refractivity (Wildman–Crippen MR) is 127 cm³/mol. The molecule has 0 aliphatic carbocycles. The Morgan fingerprint density at radius 1 is 1.29 bits per heavy atom. The van der Waals surface area contributed by atoms with Gasteiger partial charge >= 0.3 is 0 Å². The topological polar surface area (TPSA) is 72.1 Å². The lowest BCUT2D eigenvalue weighted by molar-refractivity contribution is 0.0938. The molecule has 1 saturated heterocycles. The molecule has 168 valence electrons. The average molecular weight is 465 g/mol. The van der Waals surface area contributed by atoms with E-state index in [-0.39, 0.29) is 18.3 Å². The molecule has 1 aromatic carbocycles. The molecule has 1 amide bonds. The maximum atomic E-state index is 12.6. The number of carbonyl (C=O) groups excluding carboxylic acids is 1. The van der Waals surface area contributed by atoms with E-state index in [2.05, 4.69) is 29.6 Å². The van der Waals surface area contributed by atoms with Gasteiger partial charge in [0.05, 0.1) is 6.54 Å². The van der Waals surface area contributed by atoms with Gasteiger partial charge in [-0.15, -0.1) is 12.4 Å². The minimum atomic E-state index is -0.119. The molecule has 0 bridgehead atoms. The largest absolute Gasteiger partial charge is 0.460 e. The van der Waals surface area contributed by atoms with Crippen LogP contribution < -0.4 is 10.6 Å². The molecule has 3 heterocycles. The Labute approximate surface area is 194 Å². The number of hydrogen-bond acceptors (Lipinski definition) is 4. The van der Waals surface area contributed by atoms with Gasteiger partial charge in [-0.1, -0.05) is 25.4 Å². The first-order chi connectivity index (χ1) is 14.4. The third-order valence-corrected chi connectivity index (χ3v) is 6.01. The molecule has 1 fully saturated rings. The SMILES string of the molecule is Cc1cc(C(=O)NCC2CCNCC2)nn1Cc1cc(Cl)cc2cc(C(C)C)oc12.Cl. The maximum Gasteiger partial charge on any atom is 0.271 e. The molecular weight excluding hydrogens is 435 g/mol. The van der Waals surface area contributed by atoms with Gasteiger partial charge in [0.15, 0.2) is 0 Å². The number of benzene rings is 1. The summed E-state index contributed by atoms with van der Waals surface area (Å²) in [6, 6.07) is 7.72. The summed E-state index contributed by atoms with van der Waals surface area (Å²) in [5, 5.41) is 12.6. The number of furan rings is 1. The third-order valence-electron chi connectivity index (χ3n) is 5.79. The Morgan fingerprint density at radius 3 is 2.74 bits per heavy atom. The number of fused-ring (bicyclic) bond motifs is 1. The Kier molecular flexibility index (Phi) is 7.68. The van der Waals surface area contributed by atoms with E-state index < -0.39 is 0 Å². The number of aromatic nitrogens is 2. The van der Waals surface area contributed by atoms with E-state index in [9.17, 15) is 4.79 Å². The van der Waals surface area contributed by atoms with E-state index in [0.717, 1.165) is 53.9 Å². The van der Waals surface area contributed by atoms with Gasteiger partial charge in [0.2, 0.25) is 0 Å². The first kappa shape index (κ1) is 23.6. The standard InChI is InChI=1S/C23H29ClN4O2.ClH/c1-14(2)21-11-17-9-19(24)10-18(22(17)30-21)13-28-15(3)8-20(27-28)23(29)26-12-16-4-6-25-7-5-16;/h8-11,14,16,25H,4-7,12-13H2,1-3H3,(H,26,29);1H. The van der Waals surface area contributed by atoms with E-state index in [1.807, 2.05) is 35.9 Å². The summed E-state index contributed by atoms with van der Waals surface area (Å²) >= 11 is 6.35. The van der Waals surface area contributed by atoms with Gasteiger partial charge in [-0.2, -0.15) is 5.10 Å². The zero-order valence-corrected chi connectivity index (χ0v) is 19.8. The van der Waals surface area contributed by atoms with Crippen LogP contribution in [0.3, 0.4) is 0 Å². The molecular formula is C23H30Cl2N4O2. The number of aryl methyl sites for hydroxylation is 1. The fourth-order valence-corrected chi connectivity index (χ4v) is 4.21. The summed E-state index contributed by atoms with van der Waals surface area (Å²) in [5.41, 5.74) is 3.15. The van der Waals surface area contributed by atoms with Crippen molar-refractivity contribution in [1.82, 2.24) is 20.4 Å². The van der Waals surface area contributed by atoms with Crippen molar-refractivity contribution in [2.24, 2.45) is 5.92 Å². The number of hydrogen-bond donors (Lipinski definition) is 2. The van der Waals surface area contributed by atoms with Crippen molar-refractivity contribution in [3.8, 4) is 0 Å². The highest BCUT2D eigenvalue weighted by Gasteiger charge is 2.18. The first-order valence-corrected chi connectivity index (χ1v) is 11.0. The number of halogens is 2. The molecule has 2 aromatic heterocycles. The van der Waals surface area contributed by atoms with Crippen molar-refractivity contribution in [3.63, 3.8) is 0 Å². The second-order valence-corrected chi connectivity index (χ2v) is 8.96. The van der Waals surface area contributed by atoms with Crippen molar-refractivity contribution >= 4 is 40.9 Å². The van der Waals surface area contributed by atoms with Crippen LogP contribution in [0.4, 0.5) is 0 Å². The Balaban J connectivity index is 0.00000272.